The molecule has 0 amide bonds. The minimum absolute atomic E-state index is 0.309. The van der Waals surface area contributed by atoms with Crippen molar-refractivity contribution in [3.63, 3.8) is 0 Å². The standard InChI is InChI=1S/C21H23N9O/c1-13-9-17(28-27-13)24-19-14-3-2-4-23-18(14)25-20(26-19)29-10-15-16(11-29)21(15,12-22)30-5-7-31-8-6-30/h2-4,9,15-16H,5-8,10-11H2,1H3,(H2,23,24,25,26,27,28)/t15-,16+,21?. The monoisotopic (exact) mass is 417 g/mol. The number of ether oxygens (including phenoxy) is 1. The van der Waals surface area contributed by atoms with E-state index >= 15 is 0 Å². The Morgan fingerprint density at radius 3 is 2.77 bits per heavy atom. The summed E-state index contributed by atoms with van der Waals surface area (Å²) in [6.07, 6.45) is 1.74. The highest BCUT2D eigenvalue weighted by Crippen LogP contribution is 2.59. The molecular formula is C21H23N9O. The van der Waals surface area contributed by atoms with Crippen molar-refractivity contribution in [3.05, 3.63) is 30.1 Å². The summed E-state index contributed by atoms with van der Waals surface area (Å²) in [7, 11) is 0. The fourth-order valence-electron chi connectivity index (χ4n) is 5.20. The lowest BCUT2D eigenvalue weighted by Gasteiger charge is -2.34. The Hall–Kier alpha value is -3.29. The third kappa shape index (κ3) is 2.85. The highest BCUT2D eigenvalue weighted by atomic mass is 16.5. The van der Waals surface area contributed by atoms with Crippen LogP contribution in [0.1, 0.15) is 5.69 Å². The molecule has 1 unspecified atom stereocenters. The van der Waals surface area contributed by atoms with Gasteiger partial charge in [0, 0.05) is 56.0 Å². The minimum Gasteiger partial charge on any atom is -0.379 e. The number of pyridine rings is 1. The van der Waals surface area contributed by atoms with Crippen molar-refractivity contribution < 1.29 is 4.74 Å². The van der Waals surface area contributed by atoms with Gasteiger partial charge >= 0.3 is 0 Å². The van der Waals surface area contributed by atoms with Gasteiger partial charge in [-0.05, 0) is 19.1 Å². The number of hydrogen-bond donors (Lipinski definition) is 2. The van der Waals surface area contributed by atoms with Crippen molar-refractivity contribution in [3.8, 4) is 6.07 Å². The van der Waals surface area contributed by atoms with Gasteiger partial charge in [0.05, 0.1) is 24.7 Å². The van der Waals surface area contributed by atoms with Crippen LogP contribution in [0.2, 0.25) is 0 Å². The van der Waals surface area contributed by atoms with Crippen LogP contribution in [0, 0.1) is 30.1 Å². The molecule has 3 aromatic heterocycles. The third-order valence-electron chi connectivity index (χ3n) is 6.75. The Kier molecular flexibility index (Phi) is 4.09. The predicted molar refractivity (Wildman–Crippen MR) is 114 cm³/mol. The van der Waals surface area contributed by atoms with Crippen LogP contribution < -0.4 is 10.2 Å². The van der Waals surface area contributed by atoms with E-state index in [1.807, 2.05) is 25.1 Å². The summed E-state index contributed by atoms with van der Waals surface area (Å²) in [5.41, 5.74) is 1.25. The molecule has 0 aromatic carbocycles. The van der Waals surface area contributed by atoms with Crippen molar-refractivity contribution in [2.24, 2.45) is 11.8 Å². The molecule has 1 saturated carbocycles. The summed E-state index contributed by atoms with van der Waals surface area (Å²) < 4.78 is 5.48. The molecule has 6 rings (SSSR count). The number of H-pyrrole nitrogens is 1. The van der Waals surface area contributed by atoms with Gasteiger partial charge in [-0.1, -0.05) is 0 Å². The van der Waals surface area contributed by atoms with Crippen LogP contribution in [0.3, 0.4) is 0 Å². The van der Waals surface area contributed by atoms with Crippen molar-refractivity contribution in [2.45, 2.75) is 12.5 Å². The number of nitriles is 1. The summed E-state index contributed by atoms with van der Waals surface area (Å²) in [5.74, 6) is 2.64. The van der Waals surface area contributed by atoms with Gasteiger partial charge in [-0.15, -0.1) is 0 Å². The Morgan fingerprint density at radius 1 is 1.26 bits per heavy atom. The van der Waals surface area contributed by atoms with Crippen LogP contribution in [-0.4, -0.2) is 75.0 Å². The van der Waals surface area contributed by atoms with Crippen LogP contribution >= 0.6 is 0 Å². The number of nitrogens with zero attached hydrogens (tertiary/aromatic N) is 7. The van der Waals surface area contributed by atoms with E-state index in [0.29, 0.717) is 48.3 Å². The molecular weight excluding hydrogens is 394 g/mol. The average molecular weight is 417 g/mol. The lowest BCUT2D eigenvalue weighted by Crippen LogP contribution is -2.49. The van der Waals surface area contributed by atoms with Gasteiger partial charge in [-0.25, -0.2) is 4.98 Å². The SMILES string of the molecule is Cc1cc(Nc2nc(N3C[C@@H]4[C@H](C3)C4(C#N)N3CCOCC3)nc3ncccc23)n[nH]1. The smallest absolute Gasteiger partial charge is 0.229 e. The number of hydrogen-bond acceptors (Lipinski definition) is 9. The fourth-order valence-corrected chi connectivity index (χ4v) is 5.20. The molecule has 2 aliphatic heterocycles. The zero-order chi connectivity index (χ0) is 21.0. The number of aromatic nitrogens is 5. The first-order valence-electron chi connectivity index (χ1n) is 10.6. The Labute approximate surface area is 179 Å². The Morgan fingerprint density at radius 2 is 2.06 bits per heavy atom. The summed E-state index contributed by atoms with van der Waals surface area (Å²) in [5, 5.41) is 21.4. The summed E-state index contributed by atoms with van der Waals surface area (Å²) in [4.78, 5) is 18.5. The Balaban J connectivity index is 1.28. The third-order valence-corrected chi connectivity index (χ3v) is 6.75. The van der Waals surface area contributed by atoms with Crippen LogP contribution in [-0.2, 0) is 4.74 Å². The largest absolute Gasteiger partial charge is 0.379 e. The number of rotatable bonds is 4. The second kappa shape index (κ2) is 6.87. The van der Waals surface area contributed by atoms with Crippen LogP contribution in [0.25, 0.3) is 11.0 Å². The maximum atomic E-state index is 10.0. The van der Waals surface area contributed by atoms with Crippen molar-refractivity contribution in [1.29, 1.82) is 5.26 Å². The molecule has 10 nitrogen and oxygen atoms in total. The zero-order valence-electron chi connectivity index (χ0n) is 17.2. The van der Waals surface area contributed by atoms with E-state index in [9.17, 15) is 5.26 Å². The minimum atomic E-state index is -0.358. The second-order valence-electron chi connectivity index (χ2n) is 8.46. The molecule has 3 fully saturated rings. The van der Waals surface area contributed by atoms with Gasteiger partial charge in [-0.2, -0.15) is 20.3 Å². The van der Waals surface area contributed by atoms with E-state index in [4.69, 9.17) is 14.7 Å². The fraction of sp³-hybridized carbons (Fsp3) is 0.476. The van der Waals surface area contributed by atoms with Crippen molar-refractivity contribution >= 4 is 28.6 Å². The zero-order valence-corrected chi connectivity index (χ0v) is 17.2. The molecule has 31 heavy (non-hydrogen) atoms. The quantitative estimate of drug-likeness (QED) is 0.650. The molecule has 1 aliphatic carbocycles. The van der Waals surface area contributed by atoms with Gasteiger partial charge in [0.15, 0.2) is 11.5 Å². The first kappa shape index (κ1) is 18.5. The second-order valence-corrected chi connectivity index (χ2v) is 8.46. The van der Waals surface area contributed by atoms with Crippen LogP contribution in [0.4, 0.5) is 17.6 Å². The highest BCUT2D eigenvalue weighted by molar-refractivity contribution is 5.89. The highest BCUT2D eigenvalue weighted by Gasteiger charge is 2.72. The number of fused-ring (bicyclic) bond motifs is 2. The van der Waals surface area contributed by atoms with Crippen LogP contribution in [0.5, 0.6) is 0 Å². The molecule has 158 valence electrons. The van der Waals surface area contributed by atoms with Gasteiger partial charge in [0.2, 0.25) is 5.95 Å². The number of anilines is 3. The molecule has 0 bridgehead atoms. The van der Waals surface area contributed by atoms with E-state index < -0.39 is 0 Å². The van der Waals surface area contributed by atoms with Crippen molar-refractivity contribution in [1.82, 2.24) is 30.0 Å². The molecule has 3 aliphatic rings. The average Bonchev–Trinajstić information content (AvgIpc) is 3.11. The van der Waals surface area contributed by atoms with E-state index in [-0.39, 0.29) is 5.54 Å². The molecule has 0 spiro atoms. The molecule has 2 saturated heterocycles. The maximum Gasteiger partial charge on any atom is 0.229 e. The lowest BCUT2D eigenvalue weighted by atomic mass is 10.1. The number of piperidine rings is 1. The molecule has 2 N–H and O–H groups in total. The topological polar surface area (TPSA) is 119 Å². The number of morpholine rings is 1. The van der Waals surface area contributed by atoms with E-state index in [0.717, 1.165) is 37.3 Å². The summed E-state index contributed by atoms with van der Waals surface area (Å²) >= 11 is 0. The molecule has 3 atom stereocenters. The van der Waals surface area contributed by atoms with E-state index in [1.54, 1.807) is 6.20 Å². The molecule has 3 aromatic rings. The number of nitrogens with one attached hydrogen (secondary N) is 2. The first-order valence-corrected chi connectivity index (χ1v) is 10.6. The lowest BCUT2D eigenvalue weighted by molar-refractivity contribution is 0.0148. The van der Waals surface area contributed by atoms with E-state index in [1.165, 1.54) is 0 Å². The molecule has 0 radical (unpaired) electrons. The number of aromatic amines is 1. The summed E-state index contributed by atoms with van der Waals surface area (Å²) in [6, 6.07) is 8.40. The van der Waals surface area contributed by atoms with Gasteiger partial charge in [0.25, 0.3) is 0 Å². The van der Waals surface area contributed by atoms with Crippen LogP contribution in [0.15, 0.2) is 24.4 Å². The molecule has 5 heterocycles. The van der Waals surface area contributed by atoms with Gasteiger partial charge in [-0.3, -0.25) is 10.00 Å². The summed E-state index contributed by atoms with van der Waals surface area (Å²) in [6.45, 7) is 6.56. The normalized spacial score (nSPS) is 27.8. The predicted octanol–water partition coefficient (Wildman–Crippen LogP) is 1.46. The van der Waals surface area contributed by atoms with E-state index in [2.05, 4.69) is 36.4 Å². The van der Waals surface area contributed by atoms with Gasteiger partial charge < -0.3 is 15.0 Å². The maximum absolute atomic E-state index is 10.0. The number of aryl methyl sites for hydroxylation is 1. The van der Waals surface area contributed by atoms with Gasteiger partial charge in [0.1, 0.15) is 11.4 Å². The van der Waals surface area contributed by atoms with Crippen molar-refractivity contribution in [2.75, 3.05) is 49.6 Å². The molecule has 10 heteroatoms. The Bertz CT molecular complexity index is 1170. The first-order chi connectivity index (χ1) is 15.2.